The van der Waals surface area contributed by atoms with Crippen LogP contribution in [-0.4, -0.2) is 19.9 Å². The number of nitriles is 1. The molecule has 6 nitrogen and oxygen atoms in total. The smallest absolute Gasteiger partial charge is 0.128 e. The van der Waals surface area contributed by atoms with Gasteiger partial charge in [-0.2, -0.15) is 5.26 Å². The number of anilines is 1. The second-order valence-corrected chi connectivity index (χ2v) is 8.02. The van der Waals surface area contributed by atoms with Crippen LogP contribution in [0.4, 0.5) is 10.1 Å². The zero-order valence-corrected chi connectivity index (χ0v) is 18.8. The van der Waals surface area contributed by atoms with Crippen molar-refractivity contribution in [2.45, 2.75) is 33.7 Å². The number of rotatable bonds is 4. The van der Waals surface area contributed by atoms with Crippen molar-refractivity contribution in [1.29, 1.82) is 5.26 Å². The molecule has 0 saturated heterocycles. The Hall–Kier alpha value is -3.63. The molecule has 0 aliphatic rings. The minimum Gasteiger partial charge on any atom is -0.375 e. The molecule has 0 amide bonds. The van der Waals surface area contributed by atoms with Crippen LogP contribution in [0.5, 0.6) is 0 Å². The van der Waals surface area contributed by atoms with Gasteiger partial charge in [-0.15, -0.1) is 0 Å². The van der Waals surface area contributed by atoms with Crippen LogP contribution in [0, 0.1) is 37.9 Å². The normalized spacial score (nSPS) is 11.9. The van der Waals surface area contributed by atoms with E-state index >= 15 is 0 Å². The molecule has 0 radical (unpaired) electrons. The number of aromatic nitrogens is 4. The summed E-state index contributed by atoms with van der Waals surface area (Å²) < 4.78 is 14.5. The number of halogens is 2. The lowest BCUT2D eigenvalue weighted by Crippen LogP contribution is -2.11. The average molecular weight is 447 g/mol. The van der Waals surface area contributed by atoms with Gasteiger partial charge in [-0.1, -0.05) is 11.6 Å². The Balaban J connectivity index is 1.86. The monoisotopic (exact) mass is 446 g/mol. The fourth-order valence-corrected chi connectivity index (χ4v) is 3.75. The average Bonchev–Trinajstić information content (AvgIpc) is 2.77. The fourth-order valence-electron chi connectivity index (χ4n) is 3.56. The SMILES string of the molecule is Cc1ncc(-c2nc3c(N[C@H](C)c4cc(C#N)ccc4F)c(Cl)c(C)nc3cc2C)cn1. The molecule has 3 aromatic heterocycles. The Morgan fingerprint density at radius 2 is 1.81 bits per heavy atom. The summed E-state index contributed by atoms with van der Waals surface area (Å²) in [5, 5.41) is 12.9. The van der Waals surface area contributed by atoms with Gasteiger partial charge in [0.05, 0.1) is 45.3 Å². The van der Waals surface area contributed by atoms with Gasteiger partial charge in [0.15, 0.2) is 0 Å². The van der Waals surface area contributed by atoms with E-state index in [-0.39, 0.29) is 0 Å². The lowest BCUT2D eigenvalue weighted by atomic mass is 10.0. The number of pyridine rings is 2. The number of aryl methyl sites for hydroxylation is 3. The highest BCUT2D eigenvalue weighted by molar-refractivity contribution is 6.35. The fraction of sp³-hybridized carbons (Fsp3) is 0.208. The number of hydrogen-bond acceptors (Lipinski definition) is 6. The van der Waals surface area contributed by atoms with E-state index in [4.69, 9.17) is 16.6 Å². The van der Waals surface area contributed by atoms with Crippen LogP contribution in [0.15, 0.2) is 36.7 Å². The summed E-state index contributed by atoms with van der Waals surface area (Å²) in [6, 6.07) is 7.78. The summed E-state index contributed by atoms with van der Waals surface area (Å²) in [5.41, 5.74) is 5.57. The molecule has 0 bridgehead atoms. The molecule has 0 aliphatic carbocycles. The van der Waals surface area contributed by atoms with Gasteiger partial charge in [0.25, 0.3) is 0 Å². The molecule has 1 N–H and O–H groups in total. The van der Waals surface area contributed by atoms with Crippen molar-refractivity contribution < 1.29 is 4.39 Å². The van der Waals surface area contributed by atoms with Crippen molar-refractivity contribution in [3.05, 3.63) is 75.7 Å². The van der Waals surface area contributed by atoms with Crippen molar-refractivity contribution >= 4 is 28.3 Å². The number of nitrogens with one attached hydrogen (secondary N) is 1. The summed E-state index contributed by atoms with van der Waals surface area (Å²) in [6.07, 6.45) is 3.45. The highest BCUT2D eigenvalue weighted by atomic mass is 35.5. The molecule has 0 saturated carbocycles. The number of benzene rings is 1. The molecule has 0 spiro atoms. The van der Waals surface area contributed by atoms with E-state index < -0.39 is 11.9 Å². The molecule has 32 heavy (non-hydrogen) atoms. The molecule has 1 atom stereocenters. The van der Waals surface area contributed by atoms with Gasteiger partial charge in [-0.05, 0) is 57.5 Å². The Bertz CT molecular complexity index is 1380. The van der Waals surface area contributed by atoms with E-state index in [9.17, 15) is 9.65 Å². The maximum Gasteiger partial charge on any atom is 0.128 e. The Morgan fingerprint density at radius 1 is 1.09 bits per heavy atom. The van der Waals surface area contributed by atoms with Crippen molar-refractivity contribution in [2.24, 2.45) is 0 Å². The largest absolute Gasteiger partial charge is 0.375 e. The van der Waals surface area contributed by atoms with E-state index in [1.54, 1.807) is 19.3 Å². The van der Waals surface area contributed by atoms with Crippen molar-refractivity contribution in [2.75, 3.05) is 5.32 Å². The van der Waals surface area contributed by atoms with Gasteiger partial charge < -0.3 is 5.32 Å². The topological polar surface area (TPSA) is 87.4 Å². The van der Waals surface area contributed by atoms with Gasteiger partial charge in [0.2, 0.25) is 0 Å². The first-order chi connectivity index (χ1) is 15.3. The van der Waals surface area contributed by atoms with E-state index in [1.807, 2.05) is 32.9 Å². The van der Waals surface area contributed by atoms with Crippen LogP contribution in [-0.2, 0) is 0 Å². The first-order valence-corrected chi connectivity index (χ1v) is 10.4. The summed E-state index contributed by atoms with van der Waals surface area (Å²) in [5.74, 6) is 0.266. The lowest BCUT2D eigenvalue weighted by molar-refractivity contribution is 0.600. The van der Waals surface area contributed by atoms with Gasteiger partial charge in [-0.3, -0.25) is 0 Å². The third kappa shape index (κ3) is 3.97. The number of hydrogen-bond donors (Lipinski definition) is 1. The van der Waals surface area contributed by atoms with Crippen molar-refractivity contribution in [3.8, 4) is 17.3 Å². The number of nitrogens with zero attached hydrogens (tertiary/aromatic N) is 5. The van der Waals surface area contributed by atoms with Crippen LogP contribution < -0.4 is 5.32 Å². The highest BCUT2D eigenvalue weighted by Crippen LogP contribution is 2.36. The first kappa shape index (κ1) is 21.6. The quantitative estimate of drug-likeness (QED) is 0.423. The molecular formula is C24H20ClFN6. The molecule has 4 rings (SSSR count). The molecule has 8 heteroatoms. The maximum absolute atomic E-state index is 14.5. The summed E-state index contributed by atoms with van der Waals surface area (Å²) in [7, 11) is 0. The first-order valence-electron chi connectivity index (χ1n) is 10.0. The molecule has 1 aromatic carbocycles. The molecule has 4 aromatic rings. The lowest BCUT2D eigenvalue weighted by Gasteiger charge is -2.20. The second-order valence-electron chi connectivity index (χ2n) is 7.64. The number of fused-ring (bicyclic) bond motifs is 1. The zero-order chi connectivity index (χ0) is 23.0. The van der Waals surface area contributed by atoms with Crippen molar-refractivity contribution in [1.82, 2.24) is 19.9 Å². The second kappa shape index (κ2) is 8.48. The molecule has 3 heterocycles. The van der Waals surface area contributed by atoms with Gasteiger partial charge in [0, 0.05) is 23.5 Å². The highest BCUT2D eigenvalue weighted by Gasteiger charge is 2.19. The third-order valence-corrected chi connectivity index (χ3v) is 5.72. The minimum absolute atomic E-state index is 0.363. The van der Waals surface area contributed by atoms with E-state index in [0.29, 0.717) is 50.1 Å². The van der Waals surface area contributed by atoms with Crippen LogP contribution >= 0.6 is 11.6 Å². The van der Waals surface area contributed by atoms with Crippen LogP contribution in [0.25, 0.3) is 22.3 Å². The predicted octanol–water partition coefficient (Wildman–Crippen LogP) is 5.85. The Morgan fingerprint density at radius 3 is 2.50 bits per heavy atom. The summed E-state index contributed by atoms with van der Waals surface area (Å²) in [4.78, 5) is 18.0. The molecular weight excluding hydrogens is 427 g/mol. The standard InChI is InChI=1S/C24H20ClFN6/c1-12-7-20-23(32-22(12)17-10-28-15(4)29-11-17)24(21(25)14(3)30-20)31-13(2)18-8-16(9-27)5-6-19(18)26/h5-8,10-11,13H,1-4H3,(H,30,31)/t13-/m1/s1. The Kier molecular flexibility index (Phi) is 5.72. The van der Waals surface area contributed by atoms with Crippen LogP contribution in [0.3, 0.4) is 0 Å². The van der Waals surface area contributed by atoms with E-state index in [0.717, 1.165) is 11.1 Å². The van der Waals surface area contributed by atoms with Crippen LogP contribution in [0.1, 0.15) is 41.2 Å². The molecule has 0 fully saturated rings. The van der Waals surface area contributed by atoms with Crippen molar-refractivity contribution in [3.63, 3.8) is 0 Å². The summed E-state index contributed by atoms with van der Waals surface area (Å²) in [6.45, 7) is 7.39. The van der Waals surface area contributed by atoms with Gasteiger partial charge in [0.1, 0.15) is 17.2 Å². The zero-order valence-electron chi connectivity index (χ0n) is 18.0. The Labute approximate surface area is 190 Å². The minimum atomic E-state index is -0.472. The van der Waals surface area contributed by atoms with Gasteiger partial charge >= 0.3 is 0 Å². The maximum atomic E-state index is 14.5. The molecule has 160 valence electrons. The molecule has 0 aliphatic heterocycles. The van der Waals surface area contributed by atoms with Crippen LogP contribution in [0.2, 0.25) is 5.02 Å². The van der Waals surface area contributed by atoms with Gasteiger partial charge in [-0.25, -0.2) is 24.3 Å². The molecule has 0 unspecified atom stereocenters. The van der Waals surface area contributed by atoms with E-state index in [2.05, 4.69) is 20.3 Å². The summed E-state index contributed by atoms with van der Waals surface area (Å²) >= 11 is 6.63. The third-order valence-electron chi connectivity index (χ3n) is 5.26. The van der Waals surface area contributed by atoms with E-state index in [1.165, 1.54) is 18.2 Å². The predicted molar refractivity (Wildman–Crippen MR) is 123 cm³/mol.